The predicted octanol–water partition coefficient (Wildman–Crippen LogP) is 7.00. The normalized spacial score (nSPS) is 15.3. The van der Waals surface area contributed by atoms with Gasteiger partial charge in [0, 0.05) is 44.1 Å². The molecular weight excluding hydrogens is 928 g/mol. The molecule has 5 rings (SSSR count). The number of nitrogens with one attached hydrogen (secondary N) is 4. The van der Waals surface area contributed by atoms with E-state index in [-0.39, 0.29) is 50.9 Å². The average molecular weight is 1000 g/mol. The maximum atomic E-state index is 14.8. The van der Waals surface area contributed by atoms with Crippen LogP contribution in [0.25, 0.3) is 11.1 Å². The number of benzene rings is 3. The summed E-state index contributed by atoms with van der Waals surface area (Å²) in [5, 5.41) is 21.2. The van der Waals surface area contributed by atoms with Crippen LogP contribution in [-0.4, -0.2) is 127 Å². The number of hydrogen-bond acceptors (Lipinski definition) is 9. The second-order valence-electron chi connectivity index (χ2n) is 19.0. The van der Waals surface area contributed by atoms with Crippen LogP contribution in [0, 0.1) is 5.92 Å². The highest BCUT2D eigenvalue weighted by Gasteiger charge is 2.37. The van der Waals surface area contributed by atoms with Gasteiger partial charge in [0.25, 0.3) is 0 Å². The highest BCUT2D eigenvalue weighted by atomic mass is 35.5. The molecular formula is C54H73ClN6O10. The quantitative estimate of drug-likeness (QED) is 0.0494. The summed E-state index contributed by atoms with van der Waals surface area (Å²) in [5.41, 5.74) is 4.85. The number of carboxylic acids is 1. The third-order valence-corrected chi connectivity index (χ3v) is 13.3. The van der Waals surface area contributed by atoms with Crippen molar-refractivity contribution in [2.75, 3.05) is 40.0 Å². The summed E-state index contributed by atoms with van der Waals surface area (Å²) in [6, 6.07) is 16.5. The van der Waals surface area contributed by atoms with Crippen LogP contribution < -0.4 is 21.3 Å². The second kappa shape index (κ2) is 28.1. The number of halogens is 1. The van der Waals surface area contributed by atoms with Gasteiger partial charge in [-0.1, -0.05) is 126 Å². The average Bonchev–Trinajstić information content (AvgIpc) is 3.68. The Morgan fingerprint density at radius 2 is 1.32 bits per heavy atom. The Morgan fingerprint density at radius 1 is 0.732 bits per heavy atom. The number of rotatable bonds is 27. The molecule has 3 aromatic carbocycles. The lowest BCUT2D eigenvalue weighted by Crippen LogP contribution is -2.61. The van der Waals surface area contributed by atoms with Crippen molar-refractivity contribution in [1.29, 1.82) is 0 Å². The van der Waals surface area contributed by atoms with Crippen molar-refractivity contribution in [2.45, 2.75) is 141 Å². The predicted molar refractivity (Wildman–Crippen MR) is 272 cm³/mol. The van der Waals surface area contributed by atoms with Crippen LogP contribution in [0.2, 0.25) is 5.02 Å². The number of fused-ring (bicyclic) bond motifs is 3. The number of alkyl carbamates (subject to hydrolysis) is 1. The molecule has 1 fully saturated rings. The SMILES string of the molecule is CCCC[C@H](NC(=O)OCC1c2ccccc2-c2ccccc21)C(=O)N[C@@H](CCCC)C(=O)N(C)[C@@H](Cc1cccc(Cl)c1)C(=O)N[C@@H](COCCC(C)C)C(=O)N[C@@H](CC(=O)O)C(=O)N1CCCCC1. The zero-order chi connectivity index (χ0) is 51.5. The first-order valence-electron chi connectivity index (χ1n) is 25.2. The first kappa shape index (κ1) is 55.9. The first-order chi connectivity index (χ1) is 34.1. The molecule has 0 saturated carbocycles. The summed E-state index contributed by atoms with van der Waals surface area (Å²) in [6.45, 7) is 8.78. The molecule has 3 aromatic rings. The molecule has 5 atom stereocenters. The van der Waals surface area contributed by atoms with Crippen molar-refractivity contribution >= 4 is 53.2 Å². The number of amides is 6. The van der Waals surface area contributed by atoms with Crippen LogP contribution in [0.3, 0.4) is 0 Å². The molecule has 0 spiro atoms. The van der Waals surface area contributed by atoms with Crippen molar-refractivity contribution in [3.8, 4) is 11.1 Å². The van der Waals surface area contributed by atoms with E-state index < -0.39 is 78.2 Å². The summed E-state index contributed by atoms with van der Waals surface area (Å²) >= 11 is 6.39. The van der Waals surface area contributed by atoms with Gasteiger partial charge in [-0.25, -0.2) is 4.79 Å². The Labute approximate surface area is 423 Å². The van der Waals surface area contributed by atoms with E-state index in [2.05, 4.69) is 21.3 Å². The van der Waals surface area contributed by atoms with Crippen molar-refractivity contribution in [3.63, 3.8) is 0 Å². The van der Waals surface area contributed by atoms with Crippen molar-refractivity contribution in [3.05, 3.63) is 94.5 Å². The summed E-state index contributed by atoms with van der Waals surface area (Å²) in [5.74, 6) is -4.49. The largest absolute Gasteiger partial charge is 0.481 e. The number of likely N-dealkylation sites (tertiary alicyclic amines) is 1. The Hall–Kier alpha value is -6.00. The molecule has 6 amide bonds. The van der Waals surface area contributed by atoms with E-state index in [4.69, 9.17) is 21.1 Å². The first-order valence-corrected chi connectivity index (χ1v) is 25.6. The molecule has 0 radical (unpaired) electrons. The Balaban J connectivity index is 1.35. The summed E-state index contributed by atoms with van der Waals surface area (Å²) in [7, 11) is 1.44. The third kappa shape index (κ3) is 16.5. The second-order valence-corrected chi connectivity index (χ2v) is 19.5. The Kier molecular flexibility index (Phi) is 22.2. The lowest BCUT2D eigenvalue weighted by Gasteiger charge is -2.33. The topological polar surface area (TPSA) is 213 Å². The number of piperidine rings is 1. The molecule has 1 aliphatic carbocycles. The molecule has 16 nitrogen and oxygen atoms in total. The number of unbranched alkanes of at least 4 members (excludes halogenated alkanes) is 2. The molecule has 0 bridgehead atoms. The van der Waals surface area contributed by atoms with Crippen LogP contribution >= 0.6 is 11.6 Å². The van der Waals surface area contributed by atoms with Gasteiger partial charge in [-0.2, -0.15) is 0 Å². The fourth-order valence-electron chi connectivity index (χ4n) is 9.04. The maximum absolute atomic E-state index is 14.8. The number of carbonyl (C=O) groups is 7. The van der Waals surface area contributed by atoms with Gasteiger partial charge in [0.2, 0.25) is 29.5 Å². The summed E-state index contributed by atoms with van der Waals surface area (Å²) < 4.78 is 11.7. The smallest absolute Gasteiger partial charge is 0.407 e. The highest BCUT2D eigenvalue weighted by molar-refractivity contribution is 6.30. The number of nitrogens with zero attached hydrogens (tertiary/aromatic N) is 2. The molecule has 5 N–H and O–H groups in total. The van der Waals surface area contributed by atoms with Crippen molar-refractivity contribution < 1.29 is 48.1 Å². The standard InChI is InChI=1S/C54H73ClN6O10/c1-6-8-24-43(59-54(69)71-33-42-40-22-13-11-20-38(40)39-21-12-14-23-41(39)42)49(64)56-44(25-9-7-2)52(67)60(5)47(31-36-18-17-19-37(55)30-36)51(66)58-46(34-70-29-26-35(3)4)50(65)57-45(32-48(62)63)53(68)61-27-15-10-16-28-61/h11-14,17-23,30,35,42-47H,6-10,15-16,24-29,31-34H2,1-5H3,(H,56,64)(H,57,65)(H,58,66)(H,59,69)(H,62,63)/t43-,44-,45-,46-,47-/m0/s1. The highest BCUT2D eigenvalue weighted by Crippen LogP contribution is 2.44. The van der Waals surface area contributed by atoms with Crippen LogP contribution in [0.15, 0.2) is 72.8 Å². The van der Waals surface area contributed by atoms with Gasteiger partial charge in [-0.05, 0) is 84.4 Å². The minimum Gasteiger partial charge on any atom is -0.481 e. The fourth-order valence-corrected chi connectivity index (χ4v) is 9.26. The van der Waals surface area contributed by atoms with Gasteiger partial charge in [-0.15, -0.1) is 0 Å². The number of carbonyl (C=O) groups excluding carboxylic acids is 6. The van der Waals surface area contributed by atoms with Crippen LogP contribution in [0.4, 0.5) is 4.79 Å². The molecule has 0 unspecified atom stereocenters. The van der Waals surface area contributed by atoms with E-state index >= 15 is 0 Å². The monoisotopic (exact) mass is 1000 g/mol. The lowest BCUT2D eigenvalue weighted by atomic mass is 9.98. The Morgan fingerprint density at radius 3 is 1.93 bits per heavy atom. The van der Waals surface area contributed by atoms with E-state index in [1.165, 1.54) is 11.9 Å². The number of aliphatic carboxylic acids is 1. The molecule has 2 aliphatic rings. The zero-order valence-electron chi connectivity index (χ0n) is 41.9. The van der Waals surface area contributed by atoms with E-state index in [1.807, 2.05) is 76.2 Å². The van der Waals surface area contributed by atoms with Gasteiger partial charge < -0.3 is 45.6 Å². The van der Waals surface area contributed by atoms with Gasteiger partial charge in [0.05, 0.1) is 13.0 Å². The van der Waals surface area contributed by atoms with E-state index in [0.29, 0.717) is 49.4 Å². The lowest BCUT2D eigenvalue weighted by molar-refractivity contribution is -0.145. The zero-order valence-corrected chi connectivity index (χ0v) is 42.6. The molecule has 1 saturated heterocycles. The van der Waals surface area contributed by atoms with Gasteiger partial charge >= 0.3 is 12.1 Å². The fraction of sp³-hybridized carbons (Fsp3) is 0.537. The Bertz CT molecular complexity index is 2240. The molecule has 0 aromatic heterocycles. The maximum Gasteiger partial charge on any atom is 0.407 e. The van der Waals surface area contributed by atoms with Crippen LogP contribution in [0.1, 0.15) is 121 Å². The van der Waals surface area contributed by atoms with E-state index in [9.17, 15) is 38.7 Å². The third-order valence-electron chi connectivity index (χ3n) is 13.1. The van der Waals surface area contributed by atoms with Crippen molar-refractivity contribution in [2.24, 2.45) is 5.92 Å². The molecule has 1 heterocycles. The minimum absolute atomic E-state index is 0.0483. The van der Waals surface area contributed by atoms with E-state index in [1.54, 1.807) is 29.2 Å². The van der Waals surface area contributed by atoms with Gasteiger partial charge in [-0.3, -0.25) is 28.8 Å². The molecule has 1 aliphatic heterocycles. The van der Waals surface area contributed by atoms with Crippen LogP contribution in [0.5, 0.6) is 0 Å². The van der Waals surface area contributed by atoms with Gasteiger partial charge in [0.1, 0.15) is 36.8 Å². The van der Waals surface area contributed by atoms with Gasteiger partial charge in [0.15, 0.2) is 0 Å². The van der Waals surface area contributed by atoms with Crippen LogP contribution in [-0.2, 0) is 44.7 Å². The minimum atomic E-state index is -1.40. The summed E-state index contributed by atoms with van der Waals surface area (Å²) in [6.07, 6.45) is 4.63. The number of hydrogen-bond donors (Lipinski definition) is 5. The molecule has 71 heavy (non-hydrogen) atoms. The molecule has 386 valence electrons. The number of carboxylic acid groups (broad SMARTS) is 1. The summed E-state index contributed by atoms with van der Waals surface area (Å²) in [4.78, 5) is 99.6. The number of likely N-dealkylation sites (N-methyl/N-ethyl adjacent to an activating group) is 1. The van der Waals surface area contributed by atoms with Crippen molar-refractivity contribution in [1.82, 2.24) is 31.1 Å². The number of ether oxygens (including phenoxy) is 2. The van der Waals surface area contributed by atoms with E-state index in [0.717, 1.165) is 47.9 Å². The molecule has 17 heteroatoms.